The third-order valence-corrected chi connectivity index (χ3v) is 2.49. The molecule has 0 saturated carbocycles. The summed E-state index contributed by atoms with van der Waals surface area (Å²) in [4.78, 5) is 11.9. The van der Waals surface area contributed by atoms with Crippen LogP contribution in [-0.4, -0.2) is 37.4 Å². The highest BCUT2D eigenvalue weighted by atomic mass is 16.5. The molecule has 0 saturated heterocycles. The zero-order valence-electron chi connectivity index (χ0n) is 9.89. The van der Waals surface area contributed by atoms with Gasteiger partial charge in [-0.1, -0.05) is 18.2 Å². The molecule has 1 heterocycles. The number of rotatable bonds is 6. The van der Waals surface area contributed by atoms with Crippen LogP contribution in [0.15, 0.2) is 34.9 Å². The highest BCUT2D eigenvalue weighted by Crippen LogP contribution is 2.20. The van der Waals surface area contributed by atoms with E-state index in [1.54, 1.807) is 0 Å². The largest absolute Gasteiger partial charge is 0.463 e. The molecule has 0 atom stereocenters. The molecule has 5 heteroatoms. The zero-order chi connectivity index (χ0) is 12.8. The quantitative estimate of drug-likeness (QED) is 0.754. The van der Waals surface area contributed by atoms with Crippen molar-refractivity contribution in [2.75, 3.05) is 26.4 Å². The molecule has 2 aromatic rings. The lowest BCUT2D eigenvalue weighted by Crippen LogP contribution is -2.27. The fourth-order valence-electron chi connectivity index (χ4n) is 1.65. The molecule has 0 radical (unpaired) electrons. The van der Waals surface area contributed by atoms with Gasteiger partial charge >= 0.3 is 0 Å². The van der Waals surface area contributed by atoms with Crippen LogP contribution in [0.2, 0.25) is 0 Å². The fourth-order valence-corrected chi connectivity index (χ4v) is 1.65. The second-order valence-corrected chi connectivity index (χ2v) is 3.74. The van der Waals surface area contributed by atoms with Gasteiger partial charge in [-0.3, -0.25) is 4.79 Å². The summed E-state index contributed by atoms with van der Waals surface area (Å²) < 4.78 is 10.3. The number of aliphatic hydroxyl groups excluding tert-OH is 1. The summed E-state index contributed by atoms with van der Waals surface area (Å²) in [5, 5.41) is 12.0. The second kappa shape index (κ2) is 6.18. The summed E-state index contributed by atoms with van der Waals surface area (Å²) in [6.07, 6.45) is 1.45. The first-order chi connectivity index (χ1) is 8.83. The van der Waals surface area contributed by atoms with Crippen LogP contribution in [0.4, 0.5) is 0 Å². The molecule has 2 rings (SSSR count). The van der Waals surface area contributed by atoms with E-state index in [0.29, 0.717) is 24.3 Å². The average Bonchev–Trinajstić information content (AvgIpc) is 2.82. The second-order valence-electron chi connectivity index (χ2n) is 3.74. The SMILES string of the molecule is O=C(NCCOCCO)c1coc2ccccc12. The van der Waals surface area contributed by atoms with E-state index >= 15 is 0 Å². The van der Waals surface area contributed by atoms with Crippen LogP contribution < -0.4 is 5.32 Å². The topological polar surface area (TPSA) is 71.7 Å². The van der Waals surface area contributed by atoms with Gasteiger partial charge in [0.1, 0.15) is 11.8 Å². The van der Waals surface area contributed by atoms with Crippen molar-refractivity contribution in [1.29, 1.82) is 0 Å². The predicted octanol–water partition coefficient (Wildman–Crippen LogP) is 1.17. The smallest absolute Gasteiger partial charge is 0.255 e. The van der Waals surface area contributed by atoms with Gasteiger partial charge in [0.25, 0.3) is 5.91 Å². The first-order valence-electron chi connectivity index (χ1n) is 5.76. The van der Waals surface area contributed by atoms with Crippen molar-refractivity contribution >= 4 is 16.9 Å². The minimum absolute atomic E-state index is 0.0136. The molecular weight excluding hydrogens is 234 g/mol. The van der Waals surface area contributed by atoms with E-state index in [1.807, 2.05) is 24.3 Å². The lowest BCUT2D eigenvalue weighted by atomic mass is 10.1. The van der Waals surface area contributed by atoms with Crippen molar-refractivity contribution in [2.24, 2.45) is 0 Å². The number of nitrogens with one attached hydrogen (secondary N) is 1. The highest BCUT2D eigenvalue weighted by Gasteiger charge is 2.12. The van der Waals surface area contributed by atoms with E-state index < -0.39 is 0 Å². The summed E-state index contributed by atoms with van der Waals surface area (Å²) in [7, 11) is 0. The minimum Gasteiger partial charge on any atom is -0.463 e. The molecule has 0 aliphatic heterocycles. The van der Waals surface area contributed by atoms with Gasteiger partial charge < -0.3 is 19.6 Å². The number of hydrogen-bond donors (Lipinski definition) is 2. The number of ether oxygens (including phenoxy) is 1. The number of furan rings is 1. The summed E-state index contributed by atoms with van der Waals surface area (Å²) in [5.74, 6) is -0.187. The first-order valence-corrected chi connectivity index (χ1v) is 5.76. The van der Waals surface area contributed by atoms with Gasteiger partial charge in [-0.2, -0.15) is 0 Å². The molecule has 0 aliphatic carbocycles. The number of fused-ring (bicyclic) bond motifs is 1. The summed E-state index contributed by atoms with van der Waals surface area (Å²) in [6.45, 7) is 1.05. The number of aliphatic hydroxyl groups is 1. The van der Waals surface area contributed by atoms with Crippen molar-refractivity contribution in [1.82, 2.24) is 5.32 Å². The Hall–Kier alpha value is -1.85. The van der Waals surface area contributed by atoms with Crippen LogP contribution in [0, 0.1) is 0 Å². The summed E-state index contributed by atoms with van der Waals surface area (Å²) in [5.41, 5.74) is 1.21. The number of benzene rings is 1. The van der Waals surface area contributed by atoms with E-state index in [0.717, 1.165) is 5.39 Å². The number of amides is 1. The monoisotopic (exact) mass is 249 g/mol. The standard InChI is InChI=1S/C13H15NO4/c15-6-8-17-7-5-14-13(16)11-9-18-12-4-2-1-3-10(11)12/h1-4,9,15H,5-8H2,(H,14,16). The van der Waals surface area contributed by atoms with Gasteiger partial charge in [-0.25, -0.2) is 0 Å². The Morgan fingerprint density at radius 2 is 2.17 bits per heavy atom. The Bertz CT molecular complexity index is 520. The molecule has 0 unspecified atom stereocenters. The number of hydrogen-bond acceptors (Lipinski definition) is 4. The zero-order valence-corrected chi connectivity index (χ0v) is 9.89. The van der Waals surface area contributed by atoms with Crippen molar-refractivity contribution < 1.29 is 19.1 Å². The van der Waals surface area contributed by atoms with Crippen LogP contribution >= 0.6 is 0 Å². The van der Waals surface area contributed by atoms with Crippen molar-refractivity contribution in [3.8, 4) is 0 Å². The maximum atomic E-state index is 11.9. The Morgan fingerprint density at radius 1 is 1.33 bits per heavy atom. The molecule has 1 aromatic carbocycles. The molecule has 96 valence electrons. The van der Waals surface area contributed by atoms with E-state index in [1.165, 1.54) is 6.26 Å². The Morgan fingerprint density at radius 3 is 3.00 bits per heavy atom. The third-order valence-electron chi connectivity index (χ3n) is 2.49. The Balaban J connectivity index is 1.93. The van der Waals surface area contributed by atoms with E-state index in [4.69, 9.17) is 14.3 Å². The van der Waals surface area contributed by atoms with Crippen LogP contribution in [-0.2, 0) is 4.74 Å². The third kappa shape index (κ3) is 2.88. The summed E-state index contributed by atoms with van der Waals surface area (Å²) >= 11 is 0. The number of para-hydroxylation sites is 1. The fraction of sp³-hybridized carbons (Fsp3) is 0.308. The van der Waals surface area contributed by atoms with Gasteiger partial charge in [-0.15, -0.1) is 0 Å². The number of carbonyl (C=O) groups excluding carboxylic acids is 1. The molecule has 0 spiro atoms. The van der Waals surface area contributed by atoms with Gasteiger partial charge in [-0.05, 0) is 6.07 Å². The van der Waals surface area contributed by atoms with E-state index in [-0.39, 0.29) is 19.1 Å². The first kappa shape index (κ1) is 12.6. The molecule has 18 heavy (non-hydrogen) atoms. The van der Waals surface area contributed by atoms with Crippen molar-refractivity contribution in [3.05, 3.63) is 36.1 Å². The van der Waals surface area contributed by atoms with E-state index in [2.05, 4.69) is 5.32 Å². The predicted molar refractivity (Wildman–Crippen MR) is 66.5 cm³/mol. The molecule has 1 aromatic heterocycles. The van der Waals surface area contributed by atoms with E-state index in [9.17, 15) is 4.79 Å². The summed E-state index contributed by atoms with van der Waals surface area (Å²) in [6, 6.07) is 7.38. The highest BCUT2D eigenvalue weighted by molar-refractivity contribution is 6.05. The van der Waals surface area contributed by atoms with Gasteiger partial charge in [0.2, 0.25) is 0 Å². The molecule has 0 fully saturated rings. The average molecular weight is 249 g/mol. The van der Waals surface area contributed by atoms with Crippen molar-refractivity contribution in [2.45, 2.75) is 0 Å². The molecule has 1 amide bonds. The Kier molecular flexibility index (Phi) is 4.33. The normalized spacial score (nSPS) is 10.7. The van der Waals surface area contributed by atoms with Crippen LogP contribution in [0.3, 0.4) is 0 Å². The molecular formula is C13H15NO4. The van der Waals surface area contributed by atoms with Crippen LogP contribution in [0.5, 0.6) is 0 Å². The molecule has 0 bridgehead atoms. The maximum Gasteiger partial charge on any atom is 0.255 e. The van der Waals surface area contributed by atoms with Gasteiger partial charge in [0.05, 0.1) is 25.4 Å². The van der Waals surface area contributed by atoms with Crippen LogP contribution in [0.25, 0.3) is 11.0 Å². The maximum absolute atomic E-state index is 11.9. The lowest BCUT2D eigenvalue weighted by molar-refractivity contribution is 0.0838. The van der Waals surface area contributed by atoms with Gasteiger partial charge in [0.15, 0.2) is 0 Å². The van der Waals surface area contributed by atoms with Gasteiger partial charge in [0, 0.05) is 11.9 Å². The van der Waals surface area contributed by atoms with Crippen molar-refractivity contribution in [3.63, 3.8) is 0 Å². The molecule has 2 N–H and O–H groups in total. The molecule has 0 aliphatic rings. The number of carbonyl (C=O) groups is 1. The molecule has 5 nitrogen and oxygen atoms in total. The lowest BCUT2D eigenvalue weighted by Gasteiger charge is -2.04. The Labute approximate surface area is 104 Å². The van der Waals surface area contributed by atoms with Crippen LogP contribution in [0.1, 0.15) is 10.4 Å². The minimum atomic E-state index is -0.187.